The van der Waals surface area contributed by atoms with E-state index in [1.54, 1.807) is 23.2 Å². The Morgan fingerprint density at radius 3 is 2.77 bits per heavy atom. The number of ether oxygens (including phenoxy) is 1. The van der Waals surface area contributed by atoms with E-state index in [2.05, 4.69) is 36.4 Å². The molecule has 1 N–H and O–H groups in total. The number of hydrogen-bond acceptors (Lipinski definition) is 6. The van der Waals surface area contributed by atoms with Crippen molar-refractivity contribution in [3.05, 3.63) is 65.3 Å². The number of anilines is 1. The zero-order valence-corrected chi connectivity index (χ0v) is 18.2. The molecule has 0 bridgehead atoms. The molecule has 3 aromatic rings. The first-order valence-corrected chi connectivity index (χ1v) is 10.6. The first kappa shape index (κ1) is 20.9. The number of aromatic nitrogens is 3. The Morgan fingerprint density at radius 2 is 2.03 bits per heavy atom. The van der Waals surface area contributed by atoms with Gasteiger partial charge >= 0.3 is 0 Å². The normalized spacial score (nSPS) is 15.7. The predicted octanol–water partition coefficient (Wildman–Crippen LogP) is 2.85. The number of carbonyl (C=O) groups is 2. The molecule has 2 aromatic heterocycles. The molecule has 0 aliphatic carbocycles. The molecule has 2 amide bonds. The van der Waals surface area contributed by atoms with E-state index in [1.165, 1.54) is 0 Å². The number of amides is 2. The summed E-state index contributed by atoms with van der Waals surface area (Å²) >= 11 is 3.41. The van der Waals surface area contributed by atoms with Gasteiger partial charge in [0.05, 0.1) is 18.2 Å². The van der Waals surface area contributed by atoms with Gasteiger partial charge in [-0.3, -0.25) is 14.6 Å². The Kier molecular flexibility index (Phi) is 6.51. The molecule has 1 unspecified atom stereocenters. The van der Waals surface area contributed by atoms with Crippen LogP contribution in [-0.4, -0.2) is 46.7 Å². The Labute approximate surface area is 187 Å². The molecule has 1 aromatic carbocycles. The van der Waals surface area contributed by atoms with Gasteiger partial charge in [0.2, 0.25) is 17.7 Å². The van der Waals surface area contributed by atoms with E-state index >= 15 is 0 Å². The average molecular weight is 482 g/mol. The molecule has 9 heteroatoms. The molecule has 1 atom stereocenters. The van der Waals surface area contributed by atoms with E-state index in [9.17, 15) is 9.59 Å². The molecule has 0 radical (unpaired) electrons. The summed E-state index contributed by atoms with van der Waals surface area (Å²) in [7, 11) is 0. The second kappa shape index (κ2) is 9.65. The first-order chi connectivity index (χ1) is 15.1. The summed E-state index contributed by atoms with van der Waals surface area (Å²) in [6.45, 7) is 0.923. The maximum Gasteiger partial charge on any atom is 0.233 e. The summed E-state index contributed by atoms with van der Waals surface area (Å²) in [6.07, 6.45) is 1.89. The van der Waals surface area contributed by atoms with Gasteiger partial charge in [0.15, 0.2) is 0 Å². The van der Waals surface area contributed by atoms with Crippen LogP contribution in [-0.2, 0) is 9.59 Å². The Morgan fingerprint density at radius 1 is 1.13 bits per heavy atom. The summed E-state index contributed by atoms with van der Waals surface area (Å²) in [5.74, 6) is -0.237. The number of hydrogen-bond donors (Lipinski definition) is 1. The summed E-state index contributed by atoms with van der Waals surface area (Å²) in [5.41, 5.74) is 2.17. The molecule has 1 aliphatic heterocycles. The van der Waals surface area contributed by atoms with E-state index in [0.29, 0.717) is 24.7 Å². The van der Waals surface area contributed by atoms with Crippen molar-refractivity contribution in [3.8, 4) is 17.3 Å². The summed E-state index contributed by atoms with van der Waals surface area (Å²) in [4.78, 5) is 30.7. The van der Waals surface area contributed by atoms with Crippen molar-refractivity contribution in [2.45, 2.75) is 6.42 Å². The highest BCUT2D eigenvalue weighted by Gasteiger charge is 2.35. The van der Waals surface area contributed by atoms with Gasteiger partial charge in [-0.05, 0) is 36.4 Å². The van der Waals surface area contributed by atoms with Gasteiger partial charge in [-0.15, -0.1) is 10.2 Å². The fourth-order valence-electron chi connectivity index (χ4n) is 3.30. The second-order valence-electron chi connectivity index (χ2n) is 7.00. The third kappa shape index (κ3) is 5.24. The lowest BCUT2D eigenvalue weighted by Crippen LogP contribution is -2.35. The maximum atomic E-state index is 12.5. The highest BCUT2D eigenvalue weighted by Crippen LogP contribution is 2.27. The van der Waals surface area contributed by atoms with Gasteiger partial charge in [-0.25, -0.2) is 0 Å². The van der Waals surface area contributed by atoms with Crippen LogP contribution in [0.5, 0.6) is 5.88 Å². The number of pyridine rings is 1. The number of benzene rings is 1. The molecular weight excluding hydrogens is 462 g/mol. The molecule has 0 saturated carbocycles. The third-order valence-corrected chi connectivity index (χ3v) is 5.33. The van der Waals surface area contributed by atoms with E-state index in [1.807, 2.05) is 42.5 Å². The van der Waals surface area contributed by atoms with Crippen molar-refractivity contribution in [2.24, 2.45) is 5.92 Å². The minimum absolute atomic E-state index is 0.0576. The van der Waals surface area contributed by atoms with Crippen LogP contribution in [0.3, 0.4) is 0 Å². The van der Waals surface area contributed by atoms with Crippen LogP contribution in [0, 0.1) is 5.92 Å². The number of nitrogens with one attached hydrogen (secondary N) is 1. The number of nitrogens with zero attached hydrogens (tertiary/aromatic N) is 4. The Bertz CT molecular complexity index is 1060. The maximum absolute atomic E-state index is 12.5. The smallest absolute Gasteiger partial charge is 0.233 e. The molecule has 31 heavy (non-hydrogen) atoms. The van der Waals surface area contributed by atoms with Crippen molar-refractivity contribution in [2.75, 3.05) is 24.6 Å². The SMILES string of the molecule is O=C(NCCOc1ccc(-c2ccccn2)nn1)C1CC(=O)N(c2cccc(Br)c2)C1. The fourth-order valence-corrected chi connectivity index (χ4v) is 3.69. The van der Waals surface area contributed by atoms with Gasteiger partial charge < -0.3 is 15.0 Å². The van der Waals surface area contributed by atoms with Crippen molar-refractivity contribution in [3.63, 3.8) is 0 Å². The summed E-state index contributed by atoms with van der Waals surface area (Å²) in [6, 6.07) is 16.5. The minimum Gasteiger partial charge on any atom is -0.475 e. The van der Waals surface area contributed by atoms with Crippen LogP contribution in [0.25, 0.3) is 11.4 Å². The van der Waals surface area contributed by atoms with Crippen molar-refractivity contribution < 1.29 is 14.3 Å². The highest BCUT2D eigenvalue weighted by atomic mass is 79.9. The topological polar surface area (TPSA) is 97.3 Å². The van der Waals surface area contributed by atoms with Gasteiger partial charge in [0.1, 0.15) is 12.3 Å². The summed E-state index contributed by atoms with van der Waals surface area (Å²) in [5, 5.41) is 11.0. The molecule has 0 spiro atoms. The van der Waals surface area contributed by atoms with Crippen LogP contribution in [0.4, 0.5) is 5.69 Å². The summed E-state index contributed by atoms with van der Waals surface area (Å²) < 4.78 is 6.43. The number of rotatable bonds is 7. The molecule has 1 saturated heterocycles. The van der Waals surface area contributed by atoms with E-state index in [0.717, 1.165) is 15.9 Å². The largest absolute Gasteiger partial charge is 0.475 e. The number of carbonyl (C=O) groups excluding carboxylic acids is 2. The predicted molar refractivity (Wildman–Crippen MR) is 118 cm³/mol. The minimum atomic E-state index is -0.385. The van der Waals surface area contributed by atoms with Crippen molar-refractivity contribution in [1.82, 2.24) is 20.5 Å². The zero-order valence-electron chi connectivity index (χ0n) is 16.6. The molecule has 158 valence electrons. The zero-order chi connectivity index (χ0) is 21.6. The molecular formula is C22H20BrN5O3. The Balaban J connectivity index is 1.23. The molecule has 3 heterocycles. The van der Waals surface area contributed by atoms with Gasteiger partial charge in [0.25, 0.3) is 0 Å². The van der Waals surface area contributed by atoms with Crippen LogP contribution < -0.4 is 15.0 Å². The quantitative estimate of drug-likeness (QED) is 0.521. The van der Waals surface area contributed by atoms with Crippen LogP contribution in [0.15, 0.2) is 65.3 Å². The average Bonchev–Trinajstić information content (AvgIpc) is 3.19. The van der Waals surface area contributed by atoms with Crippen molar-refractivity contribution >= 4 is 33.4 Å². The number of halogens is 1. The van der Waals surface area contributed by atoms with E-state index in [-0.39, 0.29) is 30.8 Å². The van der Waals surface area contributed by atoms with Crippen LogP contribution in [0.1, 0.15) is 6.42 Å². The lowest BCUT2D eigenvalue weighted by Gasteiger charge is -2.17. The first-order valence-electron chi connectivity index (χ1n) is 9.82. The monoisotopic (exact) mass is 481 g/mol. The van der Waals surface area contributed by atoms with Crippen molar-refractivity contribution in [1.29, 1.82) is 0 Å². The molecule has 4 rings (SSSR count). The highest BCUT2D eigenvalue weighted by molar-refractivity contribution is 9.10. The van der Waals surface area contributed by atoms with Crippen LogP contribution >= 0.6 is 15.9 Å². The lowest BCUT2D eigenvalue weighted by atomic mass is 10.1. The standard InChI is InChI=1S/C22H20BrN5O3/c23-16-4-3-5-17(13-16)28-14-15(12-21(28)29)22(30)25-10-11-31-20-8-7-19(26-27-20)18-6-1-2-9-24-18/h1-9,13,15H,10-12,14H2,(H,25,30). The van der Waals surface area contributed by atoms with E-state index in [4.69, 9.17) is 4.74 Å². The fraction of sp³-hybridized carbons (Fsp3) is 0.227. The lowest BCUT2D eigenvalue weighted by molar-refractivity contribution is -0.126. The molecule has 8 nitrogen and oxygen atoms in total. The van der Waals surface area contributed by atoms with E-state index < -0.39 is 0 Å². The van der Waals surface area contributed by atoms with Gasteiger partial charge in [-0.1, -0.05) is 28.1 Å². The third-order valence-electron chi connectivity index (χ3n) is 4.83. The molecule has 1 aliphatic rings. The van der Waals surface area contributed by atoms with Gasteiger partial charge in [0, 0.05) is 35.4 Å². The van der Waals surface area contributed by atoms with Gasteiger partial charge in [-0.2, -0.15) is 0 Å². The van der Waals surface area contributed by atoms with Crippen LogP contribution in [0.2, 0.25) is 0 Å². The molecule has 1 fully saturated rings. The Hall–Kier alpha value is -3.33. The second-order valence-corrected chi connectivity index (χ2v) is 7.91.